The Labute approximate surface area is 107 Å². The lowest BCUT2D eigenvalue weighted by molar-refractivity contribution is 0.674. The molecular formula is C12H12BrN3O. The molecule has 0 radical (unpaired) electrons. The molecule has 1 N–H and O–H groups in total. The number of halogens is 1. The Morgan fingerprint density at radius 2 is 2.06 bits per heavy atom. The van der Waals surface area contributed by atoms with Gasteiger partial charge in [0.05, 0.1) is 0 Å². The van der Waals surface area contributed by atoms with Gasteiger partial charge in [-0.2, -0.15) is 0 Å². The first-order chi connectivity index (χ1) is 8.25. The third-order valence-corrected chi connectivity index (χ3v) is 2.84. The fourth-order valence-corrected chi connectivity index (χ4v) is 1.71. The van der Waals surface area contributed by atoms with Gasteiger partial charge < -0.3 is 5.32 Å². The zero-order valence-electron chi connectivity index (χ0n) is 9.14. The van der Waals surface area contributed by atoms with Gasteiger partial charge in [0.25, 0.3) is 0 Å². The number of anilines is 1. The molecule has 0 spiro atoms. The van der Waals surface area contributed by atoms with Gasteiger partial charge in [0.15, 0.2) is 0 Å². The highest BCUT2D eigenvalue weighted by molar-refractivity contribution is 9.10. The first-order valence-corrected chi connectivity index (χ1v) is 6.06. The number of nitrogens with one attached hydrogen (secondary N) is 1. The summed E-state index contributed by atoms with van der Waals surface area (Å²) in [5.41, 5.74) is 0.815. The van der Waals surface area contributed by atoms with Crippen molar-refractivity contribution >= 4 is 21.6 Å². The topological polar surface area (TPSA) is 46.9 Å². The number of hydrogen-bond acceptors (Lipinski definition) is 3. The Morgan fingerprint density at radius 3 is 2.76 bits per heavy atom. The summed E-state index contributed by atoms with van der Waals surface area (Å²) in [6.45, 7) is 1.29. The molecule has 0 aliphatic rings. The minimum atomic E-state index is -0.217. The van der Waals surface area contributed by atoms with E-state index in [1.54, 1.807) is 16.8 Å². The van der Waals surface area contributed by atoms with Gasteiger partial charge in [-0.3, -0.25) is 4.57 Å². The van der Waals surface area contributed by atoms with E-state index in [-0.39, 0.29) is 5.69 Å². The average Bonchev–Trinajstić information content (AvgIpc) is 2.34. The van der Waals surface area contributed by atoms with Crippen LogP contribution in [0.2, 0.25) is 0 Å². The van der Waals surface area contributed by atoms with E-state index >= 15 is 0 Å². The summed E-state index contributed by atoms with van der Waals surface area (Å²) in [4.78, 5) is 15.0. The van der Waals surface area contributed by atoms with E-state index in [1.165, 1.54) is 6.20 Å². The van der Waals surface area contributed by atoms with Crippen LogP contribution in [0.15, 0.2) is 52.0 Å². The first-order valence-electron chi connectivity index (χ1n) is 5.26. The predicted molar refractivity (Wildman–Crippen MR) is 71.1 cm³/mol. The van der Waals surface area contributed by atoms with Crippen molar-refractivity contribution in [3.63, 3.8) is 0 Å². The second kappa shape index (κ2) is 5.63. The monoisotopic (exact) mass is 293 g/mol. The van der Waals surface area contributed by atoms with Gasteiger partial charge in [0.2, 0.25) is 0 Å². The van der Waals surface area contributed by atoms with Crippen molar-refractivity contribution in [2.24, 2.45) is 0 Å². The lowest BCUT2D eigenvalue weighted by Gasteiger charge is -2.07. The Balaban J connectivity index is 1.90. The predicted octanol–water partition coefficient (Wildman–Crippen LogP) is 2.12. The third-order valence-electron chi connectivity index (χ3n) is 2.31. The first kappa shape index (κ1) is 11.9. The highest BCUT2D eigenvalue weighted by Gasteiger charge is 1.95. The van der Waals surface area contributed by atoms with Crippen LogP contribution in [0.1, 0.15) is 0 Å². The quantitative estimate of drug-likeness (QED) is 0.939. The van der Waals surface area contributed by atoms with Crippen molar-refractivity contribution < 1.29 is 0 Å². The van der Waals surface area contributed by atoms with E-state index in [9.17, 15) is 4.79 Å². The van der Waals surface area contributed by atoms with Crippen LogP contribution in [0.5, 0.6) is 0 Å². The molecule has 0 saturated heterocycles. The molecule has 0 aliphatic carbocycles. The van der Waals surface area contributed by atoms with Crippen LogP contribution < -0.4 is 11.0 Å². The molecule has 4 nitrogen and oxygen atoms in total. The summed E-state index contributed by atoms with van der Waals surface area (Å²) in [5, 5.41) is 3.24. The summed E-state index contributed by atoms with van der Waals surface area (Å²) >= 11 is 3.38. The molecule has 0 amide bonds. The van der Waals surface area contributed by atoms with E-state index < -0.39 is 0 Å². The maximum atomic E-state index is 11.3. The summed E-state index contributed by atoms with van der Waals surface area (Å²) in [6.07, 6.45) is 3.24. The van der Waals surface area contributed by atoms with Crippen molar-refractivity contribution in [2.75, 3.05) is 11.9 Å². The molecule has 0 bridgehead atoms. The molecule has 1 aromatic carbocycles. The lowest BCUT2D eigenvalue weighted by atomic mass is 10.3. The van der Waals surface area contributed by atoms with Crippen molar-refractivity contribution in [3.8, 4) is 0 Å². The van der Waals surface area contributed by atoms with Gasteiger partial charge in [-0.1, -0.05) is 15.9 Å². The van der Waals surface area contributed by atoms with Crippen molar-refractivity contribution in [1.82, 2.24) is 9.55 Å². The molecule has 88 valence electrons. The highest BCUT2D eigenvalue weighted by atomic mass is 79.9. The van der Waals surface area contributed by atoms with Crippen LogP contribution in [-0.2, 0) is 6.54 Å². The number of benzene rings is 1. The number of rotatable bonds is 4. The smallest absolute Gasteiger partial charge is 0.347 e. The lowest BCUT2D eigenvalue weighted by Crippen LogP contribution is -2.24. The van der Waals surface area contributed by atoms with E-state index in [4.69, 9.17) is 0 Å². The summed E-state index contributed by atoms with van der Waals surface area (Å²) in [6, 6.07) is 9.66. The van der Waals surface area contributed by atoms with Gasteiger partial charge in [0.1, 0.15) is 0 Å². The Morgan fingerprint density at radius 1 is 1.29 bits per heavy atom. The number of aromatic nitrogens is 2. The fraction of sp³-hybridized carbons (Fsp3) is 0.167. The molecule has 0 fully saturated rings. The zero-order chi connectivity index (χ0) is 12.1. The van der Waals surface area contributed by atoms with E-state index in [2.05, 4.69) is 26.2 Å². The summed E-state index contributed by atoms with van der Waals surface area (Å²) in [7, 11) is 0. The zero-order valence-corrected chi connectivity index (χ0v) is 10.7. The van der Waals surface area contributed by atoms with Crippen LogP contribution in [0.25, 0.3) is 0 Å². The fourth-order valence-electron chi connectivity index (χ4n) is 1.45. The van der Waals surface area contributed by atoms with Gasteiger partial charge in [-0.15, -0.1) is 0 Å². The normalized spacial score (nSPS) is 10.2. The average molecular weight is 294 g/mol. The summed E-state index contributed by atoms with van der Waals surface area (Å²) < 4.78 is 2.62. The summed E-state index contributed by atoms with van der Waals surface area (Å²) in [5.74, 6) is 0. The van der Waals surface area contributed by atoms with Gasteiger partial charge in [-0.25, -0.2) is 9.78 Å². The molecule has 0 saturated carbocycles. The maximum Gasteiger partial charge on any atom is 0.347 e. The number of hydrogen-bond donors (Lipinski definition) is 1. The van der Waals surface area contributed by atoms with Crippen molar-refractivity contribution in [2.45, 2.75) is 6.54 Å². The minimum absolute atomic E-state index is 0.217. The van der Waals surface area contributed by atoms with E-state index in [0.717, 1.165) is 10.2 Å². The Hall–Kier alpha value is -1.62. The molecule has 1 aromatic heterocycles. The Bertz CT molecular complexity index is 536. The molecule has 2 aromatic rings. The molecule has 0 aliphatic heterocycles. The van der Waals surface area contributed by atoms with Gasteiger partial charge >= 0.3 is 5.69 Å². The molecule has 17 heavy (non-hydrogen) atoms. The van der Waals surface area contributed by atoms with Gasteiger partial charge in [0, 0.05) is 35.6 Å². The molecular weight excluding hydrogens is 282 g/mol. The van der Waals surface area contributed by atoms with Crippen LogP contribution in [-0.4, -0.2) is 16.1 Å². The maximum absolute atomic E-state index is 11.3. The van der Waals surface area contributed by atoms with Crippen LogP contribution >= 0.6 is 15.9 Å². The van der Waals surface area contributed by atoms with E-state index in [1.807, 2.05) is 24.3 Å². The minimum Gasteiger partial charge on any atom is -0.383 e. The largest absolute Gasteiger partial charge is 0.383 e. The molecule has 0 unspecified atom stereocenters. The molecule has 5 heteroatoms. The molecule has 2 rings (SSSR count). The number of nitrogens with zero attached hydrogens (tertiary/aromatic N) is 2. The highest BCUT2D eigenvalue weighted by Crippen LogP contribution is 2.13. The van der Waals surface area contributed by atoms with Crippen LogP contribution in [0.4, 0.5) is 5.69 Å². The second-order valence-corrected chi connectivity index (χ2v) is 4.45. The molecule has 0 atom stereocenters. The molecule has 1 heterocycles. The third kappa shape index (κ3) is 3.42. The Kier molecular flexibility index (Phi) is 3.93. The standard InChI is InChI=1S/C12H12BrN3O/c13-10-2-4-11(5-3-10)14-7-9-16-8-1-6-15-12(16)17/h1-6,8,14H,7,9H2. The van der Waals surface area contributed by atoms with Crippen LogP contribution in [0.3, 0.4) is 0 Å². The van der Waals surface area contributed by atoms with Crippen molar-refractivity contribution in [1.29, 1.82) is 0 Å². The second-order valence-electron chi connectivity index (χ2n) is 3.53. The van der Waals surface area contributed by atoms with E-state index in [0.29, 0.717) is 13.1 Å². The SMILES string of the molecule is O=c1ncccn1CCNc1ccc(Br)cc1. The van der Waals surface area contributed by atoms with Crippen LogP contribution in [0, 0.1) is 0 Å². The van der Waals surface area contributed by atoms with Gasteiger partial charge in [-0.05, 0) is 30.3 Å². The van der Waals surface area contributed by atoms with Crippen molar-refractivity contribution in [3.05, 3.63) is 57.7 Å².